The van der Waals surface area contributed by atoms with Crippen molar-refractivity contribution in [2.24, 2.45) is 0 Å². The summed E-state index contributed by atoms with van der Waals surface area (Å²) in [6.45, 7) is 6.55. The molecule has 0 aliphatic rings. The third-order valence-corrected chi connectivity index (χ3v) is 11.2. The van der Waals surface area contributed by atoms with Gasteiger partial charge in [0.15, 0.2) is 6.10 Å². The van der Waals surface area contributed by atoms with E-state index in [4.69, 9.17) is 14.2 Å². The van der Waals surface area contributed by atoms with E-state index in [-0.39, 0.29) is 31.1 Å². The van der Waals surface area contributed by atoms with Crippen LogP contribution < -0.4 is 0 Å². The Morgan fingerprint density at radius 2 is 0.581 bits per heavy atom. The minimum atomic E-state index is -0.791. The molecular formula is C56H98O6. The van der Waals surface area contributed by atoms with Gasteiger partial charge in [-0.2, -0.15) is 0 Å². The average molecular weight is 867 g/mol. The van der Waals surface area contributed by atoms with Crippen LogP contribution in [0.3, 0.4) is 0 Å². The SMILES string of the molecule is CCCCC/C=C\C/C=C\C/C=C\CCCCC(=O)OC[C@H](COC(=O)CCCCCCCCCCCCCC)OC(=O)CCCCCCCCC/C=C\C/C=C\CCCCC. The molecule has 6 heteroatoms. The normalized spacial score (nSPS) is 12.5. The lowest BCUT2D eigenvalue weighted by Gasteiger charge is -2.18. The van der Waals surface area contributed by atoms with Gasteiger partial charge in [0.25, 0.3) is 0 Å². The molecule has 1 atom stereocenters. The van der Waals surface area contributed by atoms with Crippen LogP contribution >= 0.6 is 0 Å². The van der Waals surface area contributed by atoms with Gasteiger partial charge in [-0.15, -0.1) is 0 Å². The van der Waals surface area contributed by atoms with Crippen LogP contribution in [0, 0.1) is 0 Å². The maximum atomic E-state index is 12.8. The van der Waals surface area contributed by atoms with E-state index >= 15 is 0 Å². The Balaban J connectivity index is 4.44. The van der Waals surface area contributed by atoms with E-state index < -0.39 is 6.10 Å². The third kappa shape index (κ3) is 48.1. The van der Waals surface area contributed by atoms with Gasteiger partial charge >= 0.3 is 17.9 Å². The van der Waals surface area contributed by atoms with Crippen molar-refractivity contribution in [2.75, 3.05) is 13.2 Å². The highest BCUT2D eigenvalue weighted by molar-refractivity contribution is 5.71. The molecule has 0 aromatic heterocycles. The topological polar surface area (TPSA) is 78.9 Å². The van der Waals surface area contributed by atoms with Crippen molar-refractivity contribution in [1.29, 1.82) is 0 Å². The first kappa shape index (κ1) is 59.1. The molecule has 0 unspecified atom stereocenters. The first-order valence-corrected chi connectivity index (χ1v) is 26.3. The van der Waals surface area contributed by atoms with Gasteiger partial charge in [0.2, 0.25) is 0 Å². The van der Waals surface area contributed by atoms with Crippen LogP contribution in [0.4, 0.5) is 0 Å². The molecule has 0 spiro atoms. The second kappa shape index (κ2) is 50.8. The monoisotopic (exact) mass is 867 g/mol. The third-order valence-electron chi connectivity index (χ3n) is 11.2. The van der Waals surface area contributed by atoms with Crippen molar-refractivity contribution >= 4 is 17.9 Å². The van der Waals surface area contributed by atoms with Crippen LogP contribution in [-0.4, -0.2) is 37.2 Å². The molecule has 358 valence electrons. The largest absolute Gasteiger partial charge is 0.462 e. The Morgan fingerprint density at radius 3 is 0.968 bits per heavy atom. The van der Waals surface area contributed by atoms with Crippen LogP contribution in [0.5, 0.6) is 0 Å². The summed E-state index contributed by atoms with van der Waals surface area (Å²) >= 11 is 0. The molecule has 0 rings (SSSR count). The van der Waals surface area contributed by atoms with Crippen molar-refractivity contribution in [3.05, 3.63) is 60.8 Å². The number of hydrogen-bond acceptors (Lipinski definition) is 6. The summed E-state index contributed by atoms with van der Waals surface area (Å²) in [4.78, 5) is 38.0. The van der Waals surface area contributed by atoms with Crippen molar-refractivity contribution in [3.8, 4) is 0 Å². The molecule has 0 heterocycles. The Kier molecular flexibility index (Phi) is 48.4. The van der Waals surface area contributed by atoms with Gasteiger partial charge in [-0.05, 0) is 89.9 Å². The predicted molar refractivity (Wildman–Crippen MR) is 265 cm³/mol. The predicted octanol–water partition coefficient (Wildman–Crippen LogP) is 17.3. The summed E-state index contributed by atoms with van der Waals surface area (Å²) in [5.41, 5.74) is 0. The molecule has 0 aromatic carbocycles. The van der Waals surface area contributed by atoms with Crippen molar-refractivity contribution in [1.82, 2.24) is 0 Å². The molecule has 62 heavy (non-hydrogen) atoms. The summed E-state index contributed by atoms with van der Waals surface area (Å²) in [6.07, 6.45) is 62.0. The molecule has 0 aromatic rings. The quantitative estimate of drug-likeness (QED) is 0.0262. The van der Waals surface area contributed by atoms with Gasteiger partial charge in [0.05, 0.1) is 0 Å². The number of rotatable bonds is 47. The highest BCUT2D eigenvalue weighted by Crippen LogP contribution is 2.15. The van der Waals surface area contributed by atoms with E-state index in [0.29, 0.717) is 19.3 Å². The zero-order valence-corrected chi connectivity index (χ0v) is 40.9. The second-order valence-corrected chi connectivity index (χ2v) is 17.4. The number of allylic oxidation sites excluding steroid dienone is 10. The Morgan fingerprint density at radius 1 is 0.323 bits per heavy atom. The molecule has 0 bridgehead atoms. The van der Waals surface area contributed by atoms with Crippen molar-refractivity contribution in [2.45, 2.75) is 264 Å². The fraction of sp³-hybridized carbons (Fsp3) is 0.768. The van der Waals surface area contributed by atoms with Gasteiger partial charge in [-0.25, -0.2) is 0 Å². The van der Waals surface area contributed by atoms with Crippen molar-refractivity contribution < 1.29 is 28.6 Å². The summed E-state index contributed by atoms with van der Waals surface area (Å²) in [5.74, 6) is -0.931. The molecule has 0 saturated heterocycles. The zero-order chi connectivity index (χ0) is 45.1. The molecule has 6 nitrogen and oxygen atoms in total. The van der Waals surface area contributed by atoms with E-state index in [2.05, 4.69) is 81.5 Å². The summed E-state index contributed by atoms with van der Waals surface area (Å²) < 4.78 is 16.8. The number of ether oxygens (including phenoxy) is 3. The maximum Gasteiger partial charge on any atom is 0.306 e. The standard InChI is InChI=1S/C56H98O6/c1-4-7-10-13-16-19-22-25-27-28-30-32-35-38-41-44-47-50-56(59)62-53(51-60-54(57)48-45-42-39-36-33-24-21-18-15-12-9-6-3)52-61-55(58)49-46-43-40-37-34-31-29-26-23-20-17-14-11-8-5-2/h16-17,19-20,25-27,29,34,37,53H,4-15,18,21-24,28,30-33,35-36,38-52H2,1-3H3/b19-16-,20-17-,27-25-,29-26-,37-34-/t53-/m0/s1. The van der Waals surface area contributed by atoms with Gasteiger partial charge in [-0.3, -0.25) is 14.4 Å². The molecule has 0 amide bonds. The fourth-order valence-corrected chi connectivity index (χ4v) is 7.24. The van der Waals surface area contributed by atoms with E-state index in [1.54, 1.807) is 0 Å². The van der Waals surface area contributed by atoms with Crippen LogP contribution in [0.15, 0.2) is 60.8 Å². The van der Waals surface area contributed by atoms with Crippen molar-refractivity contribution in [3.63, 3.8) is 0 Å². The number of unbranched alkanes of at least 4 members (excludes halogenated alkanes) is 26. The highest BCUT2D eigenvalue weighted by atomic mass is 16.6. The molecule has 0 radical (unpaired) electrons. The Labute approximate surface area is 383 Å². The Hall–Kier alpha value is -2.89. The van der Waals surface area contributed by atoms with Crippen LogP contribution in [0.1, 0.15) is 258 Å². The number of carbonyl (C=O) groups excluding carboxylic acids is 3. The summed E-state index contributed by atoms with van der Waals surface area (Å²) in [7, 11) is 0. The van der Waals surface area contributed by atoms with Gasteiger partial charge in [0, 0.05) is 19.3 Å². The Bertz CT molecular complexity index is 1130. The van der Waals surface area contributed by atoms with E-state index in [1.807, 2.05) is 0 Å². The van der Waals surface area contributed by atoms with E-state index in [1.165, 1.54) is 135 Å². The van der Waals surface area contributed by atoms with Gasteiger partial charge in [-0.1, -0.05) is 210 Å². The number of carbonyl (C=O) groups is 3. The lowest BCUT2D eigenvalue weighted by Crippen LogP contribution is -2.30. The average Bonchev–Trinajstić information content (AvgIpc) is 3.27. The smallest absolute Gasteiger partial charge is 0.306 e. The van der Waals surface area contributed by atoms with Gasteiger partial charge < -0.3 is 14.2 Å². The zero-order valence-electron chi connectivity index (χ0n) is 40.9. The van der Waals surface area contributed by atoms with E-state index in [9.17, 15) is 14.4 Å². The van der Waals surface area contributed by atoms with Crippen LogP contribution in [0.2, 0.25) is 0 Å². The van der Waals surface area contributed by atoms with Gasteiger partial charge in [0.1, 0.15) is 13.2 Å². The molecule has 0 saturated carbocycles. The minimum absolute atomic E-state index is 0.0878. The summed E-state index contributed by atoms with van der Waals surface area (Å²) in [6, 6.07) is 0. The molecule has 0 aliphatic heterocycles. The first-order chi connectivity index (χ1) is 30.5. The molecule has 0 aliphatic carbocycles. The van der Waals surface area contributed by atoms with E-state index in [0.717, 1.165) is 83.5 Å². The molecule has 0 fully saturated rings. The number of esters is 3. The number of hydrogen-bond donors (Lipinski definition) is 0. The first-order valence-electron chi connectivity index (χ1n) is 26.3. The lowest BCUT2D eigenvalue weighted by atomic mass is 10.0. The fourth-order valence-electron chi connectivity index (χ4n) is 7.24. The lowest BCUT2D eigenvalue weighted by molar-refractivity contribution is -0.167. The molecular weight excluding hydrogens is 769 g/mol. The summed E-state index contributed by atoms with van der Waals surface area (Å²) in [5, 5.41) is 0. The van der Waals surface area contributed by atoms with Crippen LogP contribution in [0.25, 0.3) is 0 Å². The maximum absolute atomic E-state index is 12.8. The highest BCUT2D eigenvalue weighted by Gasteiger charge is 2.19. The molecule has 0 N–H and O–H groups in total. The van der Waals surface area contributed by atoms with Crippen LogP contribution in [-0.2, 0) is 28.6 Å². The minimum Gasteiger partial charge on any atom is -0.462 e. The second-order valence-electron chi connectivity index (χ2n) is 17.4.